The molecule has 1 unspecified atom stereocenters. The quantitative estimate of drug-likeness (QED) is 0.793. The first-order valence-electron chi connectivity index (χ1n) is 4.58. The summed E-state index contributed by atoms with van der Waals surface area (Å²) in [6.07, 6.45) is 3.47. The van der Waals surface area contributed by atoms with Crippen molar-refractivity contribution in [1.82, 2.24) is 0 Å². The lowest BCUT2D eigenvalue weighted by molar-refractivity contribution is 0.624. The molecule has 2 N–H and O–H groups in total. The molecule has 1 aromatic carbocycles. The van der Waals surface area contributed by atoms with Crippen molar-refractivity contribution < 1.29 is 0 Å². The standard InChI is InChI=1S/C11H17N.ClH/c1-10(12)6-5-9-11-7-3-2-4-8-11;/h2-4,7-8,10H,5-6,9,12H2,1H3;1H. The zero-order valence-electron chi connectivity index (χ0n) is 8.07. The fourth-order valence-electron chi connectivity index (χ4n) is 1.27. The molecule has 0 bridgehead atoms. The third kappa shape index (κ3) is 5.67. The topological polar surface area (TPSA) is 26.0 Å². The van der Waals surface area contributed by atoms with Crippen molar-refractivity contribution in [3.8, 4) is 0 Å². The van der Waals surface area contributed by atoms with Crippen LogP contribution in [0.5, 0.6) is 0 Å². The Bertz CT molecular complexity index is 209. The summed E-state index contributed by atoms with van der Waals surface area (Å²) in [6, 6.07) is 10.9. The lowest BCUT2D eigenvalue weighted by Crippen LogP contribution is -2.14. The second-order valence-corrected chi connectivity index (χ2v) is 3.36. The monoisotopic (exact) mass is 199 g/mol. The van der Waals surface area contributed by atoms with Gasteiger partial charge in [-0.25, -0.2) is 0 Å². The van der Waals surface area contributed by atoms with Crippen molar-refractivity contribution in [2.45, 2.75) is 32.2 Å². The van der Waals surface area contributed by atoms with Gasteiger partial charge in [-0.15, -0.1) is 12.4 Å². The number of nitrogens with two attached hydrogens (primary N) is 1. The van der Waals surface area contributed by atoms with Crippen molar-refractivity contribution in [2.24, 2.45) is 5.73 Å². The molecule has 0 aromatic heterocycles. The minimum Gasteiger partial charge on any atom is -0.328 e. The first-order chi connectivity index (χ1) is 5.79. The van der Waals surface area contributed by atoms with E-state index < -0.39 is 0 Å². The van der Waals surface area contributed by atoms with Crippen LogP contribution in [0.25, 0.3) is 0 Å². The van der Waals surface area contributed by atoms with Crippen molar-refractivity contribution in [1.29, 1.82) is 0 Å². The molecule has 0 radical (unpaired) electrons. The molecule has 13 heavy (non-hydrogen) atoms. The maximum absolute atomic E-state index is 5.66. The Morgan fingerprint density at radius 3 is 2.38 bits per heavy atom. The van der Waals surface area contributed by atoms with Gasteiger partial charge in [-0.05, 0) is 31.7 Å². The molecule has 1 atom stereocenters. The van der Waals surface area contributed by atoms with E-state index in [1.54, 1.807) is 0 Å². The summed E-state index contributed by atoms with van der Waals surface area (Å²) in [5.41, 5.74) is 7.07. The second-order valence-electron chi connectivity index (χ2n) is 3.36. The van der Waals surface area contributed by atoms with E-state index >= 15 is 0 Å². The third-order valence-electron chi connectivity index (χ3n) is 1.97. The maximum Gasteiger partial charge on any atom is 0.00105 e. The molecule has 0 aliphatic heterocycles. The molecule has 1 rings (SSSR count). The Labute approximate surface area is 86.7 Å². The van der Waals surface area contributed by atoms with Crippen LogP contribution in [-0.2, 0) is 6.42 Å². The van der Waals surface area contributed by atoms with Crippen LogP contribution in [0, 0.1) is 0 Å². The normalized spacial score (nSPS) is 11.8. The molecule has 0 amide bonds. The molecule has 0 aliphatic rings. The fraction of sp³-hybridized carbons (Fsp3) is 0.455. The molecule has 2 heteroatoms. The van der Waals surface area contributed by atoms with E-state index in [1.165, 1.54) is 12.0 Å². The zero-order chi connectivity index (χ0) is 8.81. The van der Waals surface area contributed by atoms with Gasteiger partial charge in [0.2, 0.25) is 0 Å². The van der Waals surface area contributed by atoms with Crippen molar-refractivity contribution >= 4 is 12.4 Å². The van der Waals surface area contributed by atoms with Crippen molar-refractivity contribution in [2.75, 3.05) is 0 Å². The van der Waals surface area contributed by atoms with Gasteiger partial charge in [0, 0.05) is 6.04 Å². The minimum atomic E-state index is 0. The highest BCUT2D eigenvalue weighted by Gasteiger charge is 1.94. The lowest BCUT2D eigenvalue weighted by atomic mass is 10.1. The van der Waals surface area contributed by atoms with Gasteiger partial charge >= 0.3 is 0 Å². The van der Waals surface area contributed by atoms with E-state index in [0.717, 1.165) is 12.8 Å². The van der Waals surface area contributed by atoms with Crippen LogP contribution in [0.15, 0.2) is 30.3 Å². The van der Waals surface area contributed by atoms with Crippen LogP contribution >= 0.6 is 12.4 Å². The van der Waals surface area contributed by atoms with Crippen LogP contribution in [-0.4, -0.2) is 6.04 Å². The first kappa shape index (κ1) is 12.5. The predicted molar refractivity (Wildman–Crippen MR) is 60.3 cm³/mol. The highest BCUT2D eigenvalue weighted by atomic mass is 35.5. The Kier molecular flexibility index (Phi) is 6.65. The van der Waals surface area contributed by atoms with E-state index in [-0.39, 0.29) is 12.4 Å². The highest BCUT2D eigenvalue weighted by Crippen LogP contribution is 2.05. The van der Waals surface area contributed by atoms with E-state index in [9.17, 15) is 0 Å². The summed E-state index contributed by atoms with van der Waals surface area (Å²) < 4.78 is 0. The number of halogens is 1. The molecular weight excluding hydrogens is 182 g/mol. The Morgan fingerprint density at radius 2 is 1.85 bits per heavy atom. The molecule has 0 heterocycles. The van der Waals surface area contributed by atoms with Crippen LogP contribution in [0.3, 0.4) is 0 Å². The average Bonchev–Trinajstić information content (AvgIpc) is 2.05. The highest BCUT2D eigenvalue weighted by molar-refractivity contribution is 5.85. The van der Waals surface area contributed by atoms with Gasteiger partial charge in [0.25, 0.3) is 0 Å². The van der Waals surface area contributed by atoms with E-state index in [0.29, 0.717) is 6.04 Å². The molecule has 0 spiro atoms. The van der Waals surface area contributed by atoms with Crippen LogP contribution in [0.2, 0.25) is 0 Å². The number of hydrogen-bond acceptors (Lipinski definition) is 1. The molecule has 1 aromatic rings. The van der Waals surface area contributed by atoms with Gasteiger partial charge in [0.15, 0.2) is 0 Å². The van der Waals surface area contributed by atoms with Gasteiger partial charge in [0.05, 0.1) is 0 Å². The summed E-state index contributed by atoms with van der Waals surface area (Å²) in [5, 5.41) is 0. The zero-order valence-corrected chi connectivity index (χ0v) is 8.89. The maximum atomic E-state index is 5.66. The summed E-state index contributed by atoms with van der Waals surface area (Å²) in [7, 11) is 0. The second kappa shape index (κ2) is 6.93. The Hall–Kier alpha value is -0.530. The van der Waals surface area contributed by atoms with Gasteiger partial charge < -0.3 is 5.73 Å². The number of benzene rings is 1. The molecule has 0 saturated heterocycles. The van der Waals surface area contributed by atoms with Crippen LogP contribution in [0.4, 0.5) is 0 Å². The Balaban J connectivity index is 0.00000144. The fourth-order valence-corrected chi connectivity index (χ4v) is 1.27. The van der Waals surface area contributed by atoms with E-state index in [2.05, 4.69) is 37.3 Å². The van der Waals surface area contributed by atoms with Gasteiger partial charge in [0.1, 0.15) is 0 Å². The number of hydrogen-bond donors (Lipinski definition) is 1. The number of rotatable bonds is 4. The predicted octanol–water partition coefficient (Wildman–Crippen LogP) is 2.78. The smallest absolute Gasteiger partial charge is 0.00105 e. The van der Waals surface area contributed by atoms with Gasteiger partial charge in [-0.1, -0.05) is 30.3 Å². The molecule has 74 valence electrons. The molecule has 0 aliphatic carbocycles. The average molecular weight is 200 g/mol. The summed E-state index contributed by atoms with van der Waals surface area (Å²) >= 11 is 0. The van der Waals surface area contributed by atoms with Gasteiger partial charge in [-0.2, -0.15) is 0 Å². The molecular formula is C11H18ClN. The van der Waals surface area contributed by atoms with E-state index in [1.807, 2.05) is 0 Å². The van der Waals surface area contributed by atoms with E-state index in [4.69, 9.17) is 5.73 Å². The first-order valence-corrected chi connectivity index (χ1v) is 4.58. The SMILES string of the molecule is CC(N)CCCc1ccccc1.Cl. The summed E-state index contributed by atoms with van der Waals surface area (Å²) in [6.45, 7) is 2.06. The third-order valence-corrected chi connectivity index (χ3v) is 1.97. The summed E-state index contributed by atoms with van der Waals surface area (Å²) in [4.78, 5) is 0. The molecule has 1 nitrogen and oxygen atoms in total. The Morgan fingerprint density at radius 1 is 1.23 bits per heavy atom. The van der Waals surface area contributed by atoms with Crippen LogP contribution < -0.4 is 5.73 Å². The van der Waals surface area contributed by atoms with Gasteiger partial charge in [-0.3, -0.25) is 0 Å². The summed E-state index contributed by atoms with van der Waals surface area (Å²) in [5.74, 6) is 0. The largest absolute Gasteiger partial charge is 0.328 e. The minimum absolute atomic E-state index is 0. The van der Waals surface area contributed by atoms with Crippen LogP contribution in [0.1, 0.15) is 25.3 Å². The lowest BCUT2D eigenvalue weighted by Gasteiger charge is -2.03. The molecule has 0 saturated carbocycles. The van der Waals surface area contributed by atoms with Crippen molar-refractivity contribution in [3.63, 3.8) is 0 Å². The van der Waals surface area contributed by atoms with Crippen molar-refractivity contribution in [3.05, 3.63) is 35.9 Å². The molecule has 0 fully saturated rings. The number of aryl methyl sites for hydroxylation is 1.